The van der Waals surface area contributed by atoms with Crippen LogP contribution in [0.15, 0.2) is 22.6 Å². The third-order valence-corrected chi connectivity index (χ3v) is 7.51. The number of aromatic nitrogens is 2. The molecule has 1 aliphatic heterocycles. The maximum atomic E-state index is 13.3. The average molecular weight is 415 g/mol. The molecule has 0 spiro atoms. The number of carbonyl (C=O) groups is 1. The van der Waals surface area contributed by atoms with Crippen molar-refractivity contribution in [1.29, 1.82) is 0 Å². The highest BCUT2D eigenvalue weighted by molar-refractivity contribution is 6.31. The number of nitrogens with one attached hydrogen (secondary N) is 1. The summed E-state index contributed by atoms with van der Waals surface area (Å²) in [6.07, 6.45) is 5.14. The summed E-state index contributed by atoms with van der Waals surface area (Å²) >= 11 is 6.45. The molecule has 3 fully saturated rings. The molecular formula is C22H27ClN4O2. The van der Waals surface area contributed by atoms with Crippen molar-refractivity contribution in [3.8, 4) is 0 Å². The largest absolute Gasteiger partial charge is 0.423 e. The predicted octanol–water partition coefficient (Wildman–Crippen LogP) is 5.48. The molecule has 6 nitrogen and oxygen atoms in total. The van der Waals surface area contributed by atoms with Gasteiger partial charge in [-0.25, -0.2) is 4.79 Å². The fourth-order valence-electron chi connectivity index (χ4n) is 5.65. The molecule has 1 aromatic heterocycles. The zero-order valence-electron chi connectivity index (χ0n) is 17.1. The molecule has 2 aromatic rings. The van der Waals surface area contributed by atoms with Crippen LogP contribution in [0.1, 0.15) is 69.2 Å². The normalized spacial score (nSPS) is 33.0. The van der Waals surface area contributed by atoms with Gasteiger partial charge >= 0.3 is 6.03 Å². The number of urea groups is 1. The summed E-state index contributed by atoms with van der Waals surface area (Å²) in [5.41, 5.74) is 1.46. The van der Waals surface area contributed by atoms with Crippen molar-refractivity contribution in [3.63, 3.8) is 0 Å². The number of likely N-dealkylation sites (tertiary alicyclic amines) is 1. The Kier molecular flexibility index (Phi) is 4.39. The maximum absolute atomic E-state index is 13.3. The Morgan fingerprint density at radius 1 is 1.28 bits per heavy atom. The van der Waals surface area contributed by atoms with Gasteiger partial charge in [0.2, 0.25) is 11.8 Å². The van der Waals surface area contributed by atoms with E-state index in [2.05, 4.69) is 29.4 Å². The summed E-state index contributed by atoms with van der Waals surface area (Å²) in [4.78, 5) is 15.2. The minimum atomic E-state index is -0.481. The van der Waals surface area contributed by atoms with Crippen molar-refractivity contribution in [2.45, 2.75) is 70.4 Å². The van der Waals surface area contributed by atoms with Crippen LogP contribution < -0.4 is 5.32 Å². The molecule has 2 heterocycles. The second kappa shape index (κ2) is 6.73. The third kappa shape index (κ3) is 2.95. The van der Waals surface area contributed by atoms with Gasteiger partial charge in [0.05, 0.1) is 0 Å². The highest BCUT2D eigenvalue weighted by Crippen LogP contribution is 2.55. The monoisotopic (exact) mass is 414 g/mol. The fourth-order valence-corrected chi connectivity index (χ4v) is 5.91. The lowest BCUT2D eigenvalue weighted by molar-refractivity contribution is -0.110. The molecule has 154 valence electrons. The number of piperidine rings is 1. The number of fused-ring (bicyclic) bond motifs is 2. The fraction of sp³-hybridized carbons (Fsp3) is 0.591. The Bertz CT molecular complexity index is 960. The summed E-state index contributed by atoms with van der Waals surface area (Å²) in [6, 6.07) is 5.94. The SMILES string of the molecule is Cc1nnc(C23CC(C[C@H](C)C2)N3C(=O)Nc2ccc(Cl)c([C@@H]3CC[C@@H]3C)c2)o1. The smallest absolute Gasteiger partial charge is 0.322 e. The van der Waals surface area contributed by atoms with Crippen molar-refractivity contribution in [2.24, 2.45) is 11.8 Å². The van der Waals surface area contributed by atoms with Crippen molar-refractivity contribution in [1.82, 2.24) is 15.1 Å². The predicted molar refractivity (Wildman–Crippen MR) is 111 cm³/mol. The van der Waals surface area contributed by atoms with Gasteiger partial charge in [-0.05, 0) is 67.2 Å². The number of rotatable bonds is 3. The molecule has 7 heteroatoms. The van der Waals surface area contributed by atoms with E-state index in [1.807, 2.05) is 23.1 Å². The second-order valence-electron chi connectivity index (χ2n) is 9.26. The number of benzene rings is 1. The van der Waals surface area contributed by atoms with E-state index in [0.29, 0.717) is 29.5 Å². The molecule has 1 aromatic carbocycles. The zero-order chi connectivity index (χ0) is 20.3. The van der Waals surface area contributed by atoms with E-state index in [1.165, 1.54) is 6.42 Å². The number of hydrogen-bond acceptors (Lipinski definition) is 4. The summed E-state index contributed by atoms with van der Waals surface area (Å²) < 4.78 is 5.78. The van der Waals surface area contributed by atoms with Crippen LogP contribution in [-0.2, 0) is 5.54 Å². The van der Waals surface area contributed by atoms with Gasteiger partial charge in [-0.1, -0.05) is 25.4 Å². The Morgan fingerprint density at radius 3 is 2.76 bits per heavy atom. The third-order valence-electron chi connectivity index (χ3n) is 7.17. The topological polar surface area (TPSA) is 71.3 Å². The maximum Gasteiger partial charge on any atom is 0.322 e. The van der Waals surface area contributed by atoms with Gasteiger partial charge in [-0.15, -0.1) is 10.2 Å². The first-order chi connectivity index (χ1) is 13.9. The lowest BCUT2D eigenvalue weighted by Gasteiger charge is -2.61. The Labute approximate surface area is 176 Å². The first-order valence-electron chi connectivity index (χ1n) is 10.6. The number of halogens is 1. The number of hydrogen-bond donors (Lipinski definition) is 1. The molecule has 2 unspecified atom stereocenters. The molecule has 2 bridgehead atoms. The van der Waals surface area contributed by atoms with E-state index < -0.39 is 5.54 Å². The van der Waals surface area contributed by atoms with Crippen LogP contribution in [-0.4, -0.2) is 27.2 Å². The first-order valence-corrected chi connectivity index (χ1v) is 11.0. The van der Waals surface area contributed by atoms with Crippen molar-refractivity contribution in [2.75, 3.05) is 5.32 Å². The molecule has 2 amide bonds. The standard InChI is InChI=1S/C22H27ClN4O2/c1-12-8-16-11-22(10-12,20-26-25-14(3)29-20)27(16)21(28)24-15-5-7-19(23)18(9-15)17-6-4-13(17)2/h5,7,9,12-13,16-17H,4,6,8,10-11H2,1-3H3,(H,24,28)/t12-,13-,16?,17+,22?/m0/s1. The molecule has 2 saturated carbocycles. The number of aryl methyl sites for hydroxylation is 1. The van der Waals surface area contributed by atoms with Gasteiger partial charge in [0.15, 0.2) is 0 Å². The quantitative estimate of drug-likeness (QED) is 0.722. The summed E-state index contributed by atoms with van der Waals surface area (Å²) in [6.45, 7) is 6.27. The number of carbonyl (C=O) groups excluding carboxylic acids is 1. The van der Waals surface area contributed by atoms with Crippen LogP contribution in [0.25, 0.3) is 0 Å². The Hall–Kier alpha value is -2.08. The van der Waals surface area contributed by atoms with E-state index in [0.717, 1.165) is 42.0 Å². The van der Waals surface area contributed by atoms with Crippen molar-refractivity contribution < 1.29 is 9.21 Å². The van der Waals surface area contributed by atoms with Gasteiger partial charge in [-0.3, -0.25) is 0 Å². The van der Waals surface area contributed by atoms with Gasteiger partial charge in [0, 0.05) is 30.1 Å². The van der Waals surface area contributed by atoms with Crippen molar-refractivity contribution >= 4 is 23.3 Å². The van der Waals surface area contributed by atoms with Gasteiger partial charge in [0.25, 0.3) is 0 Å². The molecule has 0 radical (unpaired) electrons. The van der Waals surface area contributed by atoms with Crippen LogP contribution in [0, 0.1) is 18.8 Å². The summed E-state index contributed by atoms with van der Waals surface area (Å²) in [5.74, 6) is 2.74. The first kappa shape index (κ1) is 18.9. The molecule has 1 N–H and O–H groups in total. The van der Waals surface area contributed by atoms with Gasteiger partial charge in [0.1, 0.15) is 5.54 Å². The van der Waals surface area contributed by atoms with Gasteiger partial charge in [-0.2, -0.15) is 0 Å². The molecule has 3 aliphatic rings. The zero-order valence-corrected chi connectivity index (χ0v) is 17.9. The molecule has 29 heavy (non-hydrogen) atoms. The highest BCUT2D eigenvalue weighted by Gasteiger charge is 2.62. The van der Waals surface area contributed by atoms with E-state index in [-0.39, 0.29) is 12.1 Å². The number of anilines is 1. The van der Waals surface area contributed by atoms with Crippen LogP contribution in [0.4, 0.5) is 10.5 Å². The average Bonchev–Trinajstić information content (AvgIpc) is 3.09. The Balaban J connectivity index is 1.40. The molecular weight excluding hydrogens is 388 g/mol. The summed E-state index contributed by atoms with van der Waals surface area (Å²) in [7, 11) is 0. The number of amides is 2. The van der Waals surface area contributed by atoms with E-state index in [4.69, 9.17) is 16.0 Å². The van der Waals surface area contributed by atoms with Crippen LogP contribution in [0.2, 0.25) is 5.02 Å². The lowest BCUT2D eigenvalue weighted by Crippen LogP contribution is -2.70. The summed E-state index contributed by atoms with van der Waals surface area (Å²) in [5, 5.41) is 12.2. The lowest BCUT2D eigenvalue weighted by atomic mass is 9.64. The van der Waals surface area contributed by atoms with Crippen LogP contribution >= 0.6 is 11.6 Å². The van der Waals surface area contributed by atoms with Crippen LogP contribution in [0.5, 0.6) is 0 Å². The van der Waals surface area contributed by atoms with E-state index >= 15 is 0 Å². The van der Waals surface area contributed by atoms with Crippen molar-refractivity contribution in [3.05, 3.63) is 40.6 Å². The molecule has 2 aliphatic carbocycles. The Morgan fingerprint density at radius 2 is 2.10 bits per heavy atom. The van der Waals surface area contributed by atoms with E-state index in [1.54, 1.807) is 6.92 Å². The molecule has 5 atom stereocenters. The second-order valence-corrected chi connectivity index (χ2v) is 9.67. The number of nitrogens with zero attached hydrogens (tertiary/aromatic N) is 3. The highest BCUT2D eigenvalue weighted by atomic mass is 35.5. The van der Waals surface area contributed by atoms with Gasteiger partial charge < -0.3 is 14.6 Å². The minimum Gasteiger partial charge on any atom is -0.423 e. The molecule has 5 rings (SSSR count). The van der Waals surface area contributed by atoms with E-state index in [9.17, 15) is 4.79 Å². The molecule has 1 saturated heterocycles. The van der Waals surface area contributed by atoms with Crippen LogP contribution in [0.3, 0.4) is 0 Å². The minimum absolute atomic E-state index is 0.0982.